The van der Waals surface area contributed by atoms with Gasteiger partial charge in [0.05, 0.1) is 11.4 Å². The average Bonchev–Trinajstić information content (AvgIpc) is 2.97. The fraction of sp³-hybridized carbons (Fsp3) is 0.385. The van der Waals surface area contributed by atoms with E-state index in [2.05, 4.69) is 38.6 Å². The average molecular weight is 310 g/mol. The van der Waals surface area contributed by atoms with Gasteiger partial charge >= 0.3 is 0 Å². The van der Waals surface area contributed by atoms with Crippen molar-refractivity contribution >= 4 is 10.0 Å². The molecule has 0 saturated heterocycles. The topological polar surface area (TPSA) is 97.1 Å². The largest absolute Gasteiger partial charge is 0.343 e. The van der Waals surface area contributed by atoms with E-state index in [1.165, 1.54) is 0 Å². The van der Waals surface area contributed by atoms with Crippen LogP contribution in [-0.4, -0.2) is 24.6 Å². The molecule has 2 N–H and O–H groups in total. The molecule has 1 aromatic carbocycles. The number of nitrogens with zero attached hydrogens (tertiary/aromatic N) is 2. The lowest BCUT2D eigenvalue weighted by molar-refractivity contribution is 0.409. The first-order chi connectivity index (χ1) is 9.97. The maximum Gasteiger partial charge on any atom is 0.240 e. The maximum absolute atomic E-state index is 12.1. The molecule has 0 unspecified atom stereocenters. The minimum atomic E-state index is -3.58. The molecule has 0 saturated carbocycles. The summed E-state index contributed by atoms with van der Waals surface area (Å²) in [5.41, 5.74) is 1.03. The fourth-order valence-electron chi connectivity index (χ4n) is 1.62. The molecule has 114 valence electrons. The summed E-state index contributed by atoms with van der Waals surface area (Å²) in [6.45, 7) is 4.81. The summed E-state index contributed by atoms with van der Waals surface area (Å²) in [7, 11) is -3.58. The molecule has 0 spiro atoms. The summed E-state index contributed by atoms with van der Waals surface area (Å²) in [6.07, 6.45) is 1.15. The highest BCUT2D eigenvalue weighted by Crippen LogP contribution is 2.11. The molecule has 0 bridgehead atoms. The molecule has 2 rings (SSSR count). The molecule has 0 radical (unpaired) electrons. The van der Waals surface area contributed by atoms with E-state index in [1.54, 1.807) is 24.3 Å². The zero-order chi connectivity index (χ0) is 15.3. The normalized spacial score (nSPS) is 12.0. The van der Waals surface area contributed by atoms with Crippen molar-refractivity contribution in [2.24, 2.45) is 0 Å². The van der Waals surface area contributed by atoms with Crippen LogP contribution in [0.4, 0.5) is 0 Å². The van der Waals surface area contributed by atoms with Gasteiger partial charge in [-0.25, -0.2) is 13.1 Å². The Morgan fingerprint density at radius 3 is 2.48 bits per heavy atom. The van der Waals surface area contributed by atoms with Crippen LogP contribution in [0.3, 0.4) is 0 Å². The third-order valence-electron chi connectivity index (χ3n) is 2.78. The molecule has 0 aliphatic heterocycles. The van der Waals surface area contributed by atoms with Gasteiger partial charge in [0, 0.05) is 12.6 Å². The second-order valence-corrected chi connectivity index (χ2v) is 6.62. The Hall–Kier alpha value is -1.77. The molecular formula is C13H18N4O3S. The standard InChI is InChI=1S/C13H18N4O3S/c1-10(2)14-7-11-3-5-12(6-4-11)21(18,19)16-8-13-15-9-20-17-13/h3-6,9-10,14,16H,7-8H2,1-2H3. The Morgan fingerprint density at radius 2 is 1.90 bits per heavy atom. The first-order valence-electron chi connectivity index (χ1n) is 6.54. The van der Waals surface area contributed by atoms with Gasteiger partial charge < -0.3 is 9.84 Å². The lowest BCUT2D eigenvalue weighted by atomic mass is 10.2. The SMILES string of the molecule is CC(C)NCc1ccc(S(=O)(=O)NCc2ncon2)cc1. The van der Waals surface area contributed by atoms with Crippen molar-refractivity contribution in [3.8, 4) is 0 Å². The van der Waals surface area contributed by atoms with Crippen molar-refractivity contribution in [2.45, 2.75) is 37.9 Å². The Morgan fingerprint density at radius 1 is 1.19 bits per heavy atom. The number of aromatic nitrogens is 2. The lowest BCUT2D eigenvalue weighted by Crippen LogP contribution is -2.24. The number of rotatable bonds is 7. The predicted molar refractivity (Wildman–Crippen MR) is 76.7 cm³/mol. The Kier molecular flexibility index (Phi) is 5.05. The number of benzene rings is 1. The Labute approximate surface area is 123 Å². The van der Waals surface area contributed by atoms with E-state index in [1.807, 2.05) is 0 Å². The van der Waals surface area contributed by atoms with E-state index >= 15 is 0 Å². The van der Waals surface area contributed by atoms with Crippen LogP contribution >= 0.6 is 0 Å². The maximum atomic E-state index is 12.1. The van der Waals surface area contributed by atoms with Gasteiger partial charge in [0.25, 0.3) is 0 Å². The van der Waals surface area contributed by atoms with Gasteiger partial charge in [-0.15, -0.1) is 0 Å². The van der Waals surface area contributed by atoms with E-state index in [4.69, 9.17) is 0 Å². The summed E-state index contributed by atoms with van der Waals surface area (Å²) in [4.78, 5) is 3.96. The first kappa shape index (κ1) is 15.6. The summed E-state index contributed by atoms with van der Waals surface area (Å²) in [6, 6.07) is 7.12. The van der Waals surface area contributed by atoms with Gasteiger partial charge in [-0.2, -0.15) is 4.98 Å². The molecule has 1 heterocycles. The van der Waals surface area contributed by atoms with Crippen LogP contribution < -0.4 is 10.0 Å². The summed E-state index contributed by atoms with van der Waals surface area (Å²) < 4.78 is 31.1. The number of hydrogen-bond donors (Lipinski definition) is 2. The second-order valence-electron chi connectivity index (χ2n) is 4.85. The van der Waals surface area contributed by atoms with E-state index in [9.17, 15) is 8.42 Å². The van der Waals surface area contributed by atoms with Crippen molar-refractivity contribution in [2.75, 3.05) is 0 Å². The molecule has 0 fully saturated rings. The van der Waals surface area contributed by atoms with Crippen molar-refractivity contribution in [3.05, 3.63) is 42.0 Å². The van der Waals surface area contributed by atoms with Gasteiger partial charge in [0.15, 0.2) is 5.82 Å². The second kappa shape index (κ2) is 6.79. The van der Waals surface area contributed by atoms with Crippen LogP contribution in [-0.2, 0) is 23.1 Å². The van der Waals surface area contributed by atoms with E-state index in [0.29, 0.717) is 12.6 Å². The molecule has 7 nitrogen and oxygen atoms in total. The highest BCUT2D eigenvalue weighted by atomic mass is 32.2. The van der Waals surface area contributed by atoms with Crippen LogP contribution in [0.25, 0.3) is 0 Å². The summed E-state index contributed by atoms with van der Waals surface area (Å²) in [5.74, 6) is 0.288. The minimum absolute atomic E-state index is 0.00447. The van der Waals surface area contributed by atoms with Gasteiger partial charge in [-0.3, -0.25) is 0 Å². The zero-order valence-electron chi connectivity index (χ0n) is 11.9. The summed E-state index contributed by atoms with van der Waals surface area (Å²) >= 11 is 0. The van der Waals surface area contributed by atoms with E-state index in [-0.39, 0.29) is 17.3 Å². The molecule has 0 aliphatic rings. The Balaban J connectivity index is 1.99. The van der Waals surface area contributed by atoms with Crippen LogP contribution in [0.1, 0.15) is 25.2 Å². The van der Waals surface area contributed by atoms with Crippen molar-refractivity contribution in [3.63, 3.8) is 0 Å². The van der Waals surface area contributed by atoms with Crippen molar-refractivity contribution in [1.82, 2.24) is 20.2 Å². The van der Waals surface area contributed by atoms with Crippen molar-refractivity contribution < 1.29 is 12.9 Å². The first-order valence-corrected chi connectivity index (χ1v) is 8.03. The molecule has 0 amide bonds. The number of sulfonamides is 1. The van der Waals surface area contributed by atoms with Gasteiger partial charge in [-0.1, -0.05) is 31.1 Å². The molecule has 8 heteroatoms. The molecule has 1 aromatic heterocycles. The Bertz CT molecular complexity index is 651. The third-order valence-corrected chi connectivity index (χ3v) is 4.19. The third kappa shape index (κ3) is 4.62. The van der Waals surface area contributed by atoms with Gasteiger partial charge in [0.1, 0.15) is 0 Å². The van der Waals surface area contributed by atoms with E-state index in [0.717, 1.165) is 12.0 Å². The van der Waals surface area contributed by atoms with Crippen LogP contribution in [0, 0.1) is 0 Å². The highest BCUT2D eigenvalue weighted by molar-refractivity contribution is 7.89. The van der Waals surface area contributed by atoms with Crippen LogP contribution in [0.2, 0.25) is 0 Å². The monoisotopic (exact) mass is 310 g/mol. The van der Waals surface area contributed by atoms with Gasteiger partial charge in [-0.05, 0) is 17.7 Å². The quantitative estimate of drug-likeness (QED) is 0.793. The molecule has 2 aromatic rings. The van der Waals surface area contributed by atoms with Gasteiger partial charge in [0.2, 0.25) is 16.4 Å². The molecule has 0 aliphatic carbocycles. The highest BCUT2D eigenvalue weighted by Gasteiger charge is 2.14. The fourth-order valence-corrected chi connectivity index (χ4v) is 2.60. The minimum Gasteiger partial charge on any atom is -0.343 e. The predicted octanol–water partition coefficient (Wildman–Crippen LogP) is 1.05. The lowest BCUT2D eigenvalue weighted by Gasteiger charge is -2.09. The molecule has 0 atom stereocenters. The smallest absolute Gasteiger partial charge is 0.240 e. The van der Waals surface area contributed by atoms with Crippen molar-refractivity contribution in [1.29, 1.82) is 0 Å². The van der Waals surface area contributed by atoms with Crippen LogP contribution in [0.15, 0.2) is 40.1 Å². The van der Waals surface area contributed by atoms with Crippen LogP contribution in [0.5, 0.6) is 0 Å². The molecular weight excluding hydrogens is 292 g/mol. The number of hydrogen-bond acceptors (Lipinski definition) is 6. The van der Waals surface area contributed by atoms with E-state index < -0.39 is 10.0 Å². The number of nitrogens with one attached hydrogen (secondary N) is 2. The summed E-state index contributed by atoms with van der Waals surface area (Å²) in [5, 5.41) is 6.82. The molecule has 21 heavy (non-hydrogen) atoms. The zero-order valence-corrected chi connectivity index (χ0v) is 12.7.